The second-order valence-electron chi connectivity index (χ2n) is 4.71. The summed E-state index contributed by atoms with van der Waals surface area (Å²) in [5, 5.41) is 3.52. The second-order valence-corrected chi connectivity index (χ2v) is 5.56. The molecular formula is C13H13BrN4O2. The molecule has 1 aromatic rings. The van der Waals surface area contributed by atoms with E-state index in [0.717, 1.165) is 4.47 Å². The van der Waals surface area contributed by atoms with Crippen molar-refractivity contribution < 1.29 is 9.59 Å². The fourth-order valence-electron chi connectivity index (χ4n) is 2.23. The monoisotopic (exact) mass is 336 g/mol. The molecule has 1 aliphatic heterocycles. The molecule has 6 nitrogen and oxygen atoms in total. The minimum atomic E-state index is -0.0453. The highest BCUT2D eigenvalue weighted by molar-refractivity contribution is 9.10. The smallest absolute Gasteiger partial charge is 0.227 e. The van der Waals surface area contributed by atoms with Crippen molar-refractivity contribution in [3.63, 3.8) is 0 Å². The van der Waals surface area contributed by atoms with Gasteiger partial charge in [0.25, 0.3) is 0 Å². The Morgan fingerprint density at radius 2 is 2.35 bits per heavy atom. The third-order valence-corrected chi connectivity index (χ3v) is 3.92. The predicted molar refractivity (Wildman–Crippen MR) is 78.6 cm³/mol. The van der Waals surface area contributed by atoms with Crippen molar-refractivity contribution in [2.75, 3.05) is 18.0 Å². The molecule has 0 N–H and O–H groups in total. The van der Waals surface area contributed by atoms with E-state index in [-0.39, 0.29) is 17.6 Å². The first kappa shape index (κ1) is 14.6. The Morgan fingerprint density at radius 1 is 1.60 bits per heavy atom. The molecule has 1 fully saturated rings. The normalized spacial score (nSPS) is 18.0. The lowest BCUT2D eigenvalue weighted by atomic mass is 10.1. The highest BCUT2D eigenvalue weighted by Crippen LogP contribution is 2.32. The zero-order chi connectivity index (χ0) is 14.7. The first-order chi connectivity index (χ1) is 9.52. The Hall–Kier alpha value is -1.85. The number of Topliss-reactive ketones (excluding diaryl/α,β-unsaturated/α-hetero) is 1. The van der Waals surface area contributed by atoms with E-state index in [2.05, 4.69) is 26.0 Å². The number of azide groups is 1. The van der Waals surface area contributed by atoms with Gasteiger partial charge in [0, 0.05) is 34.5 Å². The lowest BCUT2D eigenvalue weighted by Gasteiger charge is -2.19. The summed E-state index contributed by atoms with van der Waals surface area (Å²) in [6.45, 7) is 2.30. The second kappa shape index (κ2) is 6.07. The van der Waals surface area contributed by atoms with E-state index in [0.29, 0.717) is 30.8 Å². The van der Waals surface area contributed by atoms with Crippen LogP contribution in [-0.2, 0) is 4.79 Å². The van der Waals surface area contributed by atoms with Crippen LogP contribution in [-0.4, -0.2) is 24.8 Å². The van der Waals surface area contributed by atoms with Gasteiger partial charge in [-0.3, -0.25) is 9.59 Å². The topological polar surface area (TPSA) is 86.1 Å². The van der Waals surface area contributed by atoms with E-state index in [9.17, 15) is 9.59 Å². The average molecular weight is 337 g/mol. The van der Waals surface area contributed by atoms with Gasteiger partial charge in [0.1, 0.15) is 0 Å². The van der Waals surface area contributed by atoms with Crippen LogP contribution in [0.5, 0.6) is 0 Å². The summed E-state index contributed by atoms with van der Waals surface area (Å²) in [5.74, 6) is -0.0492. The Balaban J connectivity index is 2.27. The van der Waals surface area contributed by atoms with Gasteiger partial charge in [-0.2, -0.15) is 0 Å². The fourth-order valence-corrected chi connectivity index (χ4v) is 2.69. The molecule has 1 heterocycles. The predicted octanol–water partition coefficient (Wildman–Crippen LogP) is 3.31. The summed E-state index contributed by atoms with van der Waals surface area (Å²) in [6, 6.07) is 5.19. The Labute approximate surface area is 124 Å². The first-order valence-corrected chi connectivity index (χ1v) is 6.94. The Kier molecular flexibility index (Phi) is 4.42. The molecule has 0 bridgehead atoms. The van der Waals surface area contributed by atoms with Crippen molar-refractivity contribution in [2.24, 2.45) is 11.0 Å². The zero-order valence-corrected chi connectivity index (χ0v) is 12.5. The zero-order valence-electron chi connectivity index (χ0n) is 10.9. The molecule has 104 valence electrons. The molecule has 20 heavy (non-hydrogen) atoms. The summed E-state index contributed by atoms with van der Waals surface area (Å²) < 4.78 is 0.764. The molecular weight excluding hydrogens is 324 g/mol. The number of anilines is 1. The maximum Gasteiger partial charge on any atom is 0.227 e. The summed E-state index contributed by atoms with van der Waals surface area (Å²) in [7, 11) is 0. The summed E-state index contributed by atoms with van der Waals surface area (Å²) in [5.41, 5.74) is 9.58. The molecule has 0 spiro atoms. The van der Waals surface area contributed by atoms with Crippen LogP contribution in [0.2, 0.25) is 0 Å². The van der Waals surface area contributed by atoms with E-state index in [1.54, 1.807) is 23.1 Å². The lowest BCUT2D eigenvalue weighted by Crippen LogP contribution is -2.25. The molecule has 1 aliphatic rings. The van der Waals surface area contributed by atoms with E-state index >= 15 is 0 Å². The molecule has 0 radical (unpaired) electrons. The highest BCUT2D eigenvalue weighted by Gasteiger charge is 2.31. The third kappa shape index (κ3) is 3.00. The van der Waals surface area contributed by atoms with Crippen LogP contribution in [0, 0.1) is 5.92 Å². The van der Waals surface area contributed by atoms with Gasteiger partial charge in [0.15, 0.2) is 5.78 Å². The van der Waals surface area contributed by atoms with Gasteiger partial charge >= 0.3 is 0 Å². The quantitative estimate of drug-likeness (QED) is 0.365. The Bertz CT molecular complexity index is 610. The molecule has 0 aliphatic carbocycles. The minimum Gasteiger partial charge on any atom is -0.311 e. The van der Waals surface area contributed by atoms with Gasteiger partial charge in [-0.25, -0.2) is 0 Å². The molecule has 1 unspecified atom stereocenters. The number of carbonyl (C=O) groups is 2. The number of benzene rings is 1. The van der Waals surface area contributed by atoms with Gasteiger partial charge in [0.05, 0.1) is 5.69 Å². The van der Waals surface area contributed by atoms with Crippen LogP contribution >= 0.6 is 15.9 Å². The van der Waals surface area contributed by atoms with Gasteiger partial charge < -0.3 is 4.90 Å². The molecule has 0 aromatic heterocycles. The maximum atomic E-state index is 12.1. The van der Waals surface area contributed by atoms with Gasteiger partial charge in [-0.1, -0.05) is 11.2 Å². The molecule has 2 rings (SSSR count). The molecule has 1 saturated heterocycles. The van der Waals surface area contributed by atoms with E-state index in [1.807, 2.05) is 0 Å². The number of amides is 1. The van der Waals surface area contributed by atoms with Crippen LogP contribution in [0.1, 0.15) is 23.7 Å². The van der Waals surface area contributed by atoms with Crippen LogP contribution in [0.3, 0.4) is 0 Å². The van der Waals surface area contributed by atoms with Crippen molar-refractivity contribution in [2.45, 2.75) is 13.3 Å². The SMILES string of the molecule is CC(=O)c1ccc(Br)c(N2CC(CN=[N+]=[N-])CC2=O)c1. The minimum absolute atomic E-state index is 0.0197. The van der Waals surface area contributed by atoms with Crippen LogP contribution in [0.25, 0.3) is 10.4 Å². The van der Waals surface area contributed by atoms with Gasteiger partial charge in [0.2, 0.25) is 5.91 Å². The maximum absolute atomic E-state index is 12.1. The largest absolute Gasteiger partial charge is 0.311 e. The summed E-state index contributed by atoms with van der Waals surface area (Å²) >= 11 is 3.40. The number of hydrogen-bond donors (Lipinski definition) is 0. The number of halogens is 1. The Morgan fingerprint density at radius 3 is 3.00 bits per heavy atom. The van der Waals surface area contributed by atoms with Crippen LogP contribution in [0.15, 0.2) is 27.8 Å². The fraction of sp³-hybridized carbons (Fsp3) is 0.385. The molecule has 1 atom stereocenters. The summed E-state index contributed by atoms with van der Waals surface area (Å²) in [6.07, 6.45) is 0.357. The molecule has 1 aromatic carbocycles. The number of ketones is 1. The van der Waals surface area contributed by atoms with E-state index < -0.39 is 0 Å². The van der Waals surface area contributed by atoms with Crippen molar-refractivity contribution in [1.82, 2.24) is 0 Å². The van der Waals surface area contributed by atoms with Crippen molar-refractivity contribution in [3.8, 4) is 0 Å². The first-order valence-electron chi connectivity index (χ1n) is 6.14. The summed E-state index contributed by atoms with van der Waals surface area (Å²) in [4.78, 5) is 27.9. The van der Waals surface area contributed by atoms with Crippen LogP contribution < -0.4 is 4.90 Å². The third-order valence-electron chi connectivity index (χ3n) is 3.25. The molecule has 7 heteroatoms. The van der Waals surface area contributed by atoms with Crippen molar-refractivity contribution >= 4 is 33.3 Å². The van der Waals surface area contributed by atoms with E-state index in [4.69, 9.17) is 5.53 Å². The standard InChI is InChI=1S/C13H13BrN4O2/c1-8(19)10-2-3-11(14)12(5-10)18-7-9(4-13(18)20)6-16-17-15/h2-3,5,9H,4,6-7H2,1H3. The highest BCUT2D eigenvalue weighted by atomic mass is 79.9. The number of carbonyl (C=O) groups excluding carboxylic acids is 2. The number of rotatable bonds is 4. The van der Waals surface area contributed by atoms with Gasteiger partial charge in [-0.05, 0) is 46.4 Å². The van der Waals surface area contributed by atoms with E-state index in [1.165, 1.54) is 6.92 Å². The number of nitrogens with zero attached hydrogens (tertiary/aromatic N) is 4. The molecule has 0 saturated carbocycles. The average Bonchev–Trinajstić information content (AvgIpc) is 2.77. The lowest BCUT2D eigenvalue weighted by molar-refractivity contribution is -0.117. The van der Waals surface area contributed by atoms with Crippen LogP contribution in [0.4, 0.5) is 5.69 Å². The van der Waals surface area contributed by atoms with Crippen molar-refractivity contribution in [3.05, 3.63) is 38.7 Å². The van der Waals surface area contributed by atoms with Crippen molar-refractivity contribution in [1.29, 1.82) is 0 Å². The molecule has 1 amide bonds. The number of hydrogen-bond acceptors (Lipinski definition) is 3. The van der Waals surface area contributed by atoms with Gasteiger partial charge in [-0.15, -0.1) is 0 Å².